The monoisotopic (exact) mass is 820 g/mol. The lowest BCUT2D eigenvalue weighted by atomic mass is 9.84. The second-order valence-electron chi connectivity index (χ2n) is 19.3. The largest absolute Gasteiger partial charge is 0.354 e. The maximum Gasteiger partial charge on any atom is 0.0881 e. The van der Waals surface area contributed by atoms with Crippen molar-refractivity contribution in [3.63, 3.8) is 0 Å². The van der Waals surface area contributed by atoms with Crippen molar-refractivity contribution < 1.29 is 0 Å². The van der Waals surface area contributed by atoms with Gasteiger partial charge in [0, 0.05) is 26.7 Å². The van der Waals surface area contributed by atoms with Crippen LogP contribution in [0.25, 0.3) is 53.5 Å². The average molecular weight is 822 g/mol. The standard InChI is InChI=1S/C56H53ClN2S/c1-54(2,3)36-16-14-17-39(31-36)58-48-22-15-23-50(53(48)57)59(51-34-60-52-29-26-38(33-47(51)52)56(7,8)9)49-28-25-37(55(4,5)6)32-45(49)35-24-27-44-42-20-11-10-18-40(42)41-19-12-13-21-43(41)46(44)30-35/h10-34,58H,1-9H3. The van der Waals surface area contributed by atoms with Crippen LogP contribution in [0.3, 0.4) is 0 Å². The van der Waals surface area contributed by atoms with Crippen LogP contribution in [0.5, 0.6) is 0 Å². The number of fused-ring (bicyclic) bond motifs is 7. The molecule has 0 fully saturated rings. The summed E-state index contributed by atoms with van der Waals surface area (Å²) in [6.45, 7) is 20.5. The van der Waals surface area contributed by atoms with Gasteiger partial charge in [-0.05, 0) is 125 Å². The van der Waals surface area contributed by atoms with Crippen LogP contribution in [0.15, 0.2) is 151 Å². The fourth-order valence-corrected chi connectivity index (χ4v) is 9.72. The fourth-order valence-electron chi connectivity index (χ4n) is 8.56. The predicted molar refractivity (Wildman–Crippen MR) is 265 cm³/mol. The number of benzene rings is 8. The summed E-state index contributed by atoms with van der Waals surface area (Å²) < 4.78 is 1.24. The van der Waals surface area contributed by atoms with E-state index in [2.05, 4.69) is 224 Å². The van der Waals surface area contributed by atoms with E-state index in [4.69, 9.17) is 11.6 Å². The van der Waals surface area contributed by atoms with E-state index < -0.39 is 0 Å². The molecule has 9 aromatic rings. The molecule has 0 aliphatic carbocycles. The average Bonchev–Trinajstić information content (AvgIpc) is 3.64. The first-order valence-corrected chi connectivity index (χ1v) is 22.3. The molecule has 60 heavy (non-hydrogen) atoms. The topological polar surface area (TPSA) is 15.3 Å². The van der Waals surface area contributed by atoms with Crippen molar-refractivity contribution in [2.24, 2.45) is 0 Å². The molecule has 0 saturated carbocycles. The molecule has 0 unspecified atom stereocenters. The number of nitrogens with zero attached hydrogens (tertiary/aromatic N) is 1. The Hall–Kier alpha value is -5.61. The van der Waals surface area contributed by atoms with Crippen molar-refractivity contribution in [2.45, 2.75) is 78.6 Å². The zero-order valence-electron chi connectivity index (χ0n) is 36.2. The highest BCUT2D eigenvalue weighted by molar-refractivity contribution is 7.17. The highest BCUT2D eigenvalue weighted by Gasteiger charge is 2.27. The van der Waals surface area contributed by atoms with Crippen molar-refractivity contribution >= 4 is 93.8 Å². The molecule has 300 valence electrons. The minimum atomic E-state index is -0.0718. The van der Waals surface area contributed by atoms with E-state index in [1.54, 1.807) is 11.3 Å². The van der Waals surface area contributed by atoms with E-state index in [0.29, 0.717) is 5.02 Å². The number of nitrogens with one attached hydrogen (secondary N) is 1. The first-order valence-electron chi connectivity index (χ1n) is 21.0. The van der Waals surface area contributed by atoms with Crippen LogP contribution in [0, 0.1) is 0 Å². The second-order valence-corrected chi connectivity index (χ2v) is 20.6. The summed E-state index contributed by atoms with van der Waals surface area (Å²) in [5, 5.41) is 15.5. The van der Waals surface area contributed by atoms with Gasteiger partial charge in [0.15, 0.2) is 0 Å². The quantitative estimate of drug-likeness (QED) is 0.168. The lowest BCUT2D eigenvalue weighted by Gasteiger charge is -2.31. The van der Waals surface area contributed by atoms with Crippen LogP contribution >= 0.6 is 22.9 Å². The Morgan fingerprint density at radius 3 is 1.67 bits per heavy atom. The van der Waals surface area contributed by atoms with Crippen molar-refractivity contribution in [3.8, 4) is 11.1 Å². The first-order chi connectivity index (χ1) is 28.6. The minimum absolute atomic E-state index is 0.0150. The summed E-state index contributed by atoms with van der Waals surface area (Å²) in [7, 11) is 0. The van der Waals surface area contributed by atoms with Crippen LogP contribution in [-0.4, -0.2) is 0 Å². The smallest absolute Gasteiger partial charge is 0.0881 e. The predicted octanol–water partition coefficient (Wildman–Crippen LogP) is 17.8. The van der Waals surface area contributed by atoms with E-state index in [9.17, 15) is 0 Å². The van der Waals surface area contributed by atoms with Crippen LogP contribution < -0.4 is 10.2 Å². The molecule has 0 atom stereocenters. The zero-order chi connectivity index (χ0) is 42.1. The SMILES string of the molecule is CC(C)(C)c1cccc(Nc2cccc(N(c3ccc(C(C)(C)C)cc3-c3ccc4c5ccccc5c5ccccc5c4c3)c3csc4ccc(C(C)(C)C)cc34)c2Cl)c1. The summed E-state index contributed by atoms with van der Waals surface area (Å²) >= 11 is 9.49. The normalized spacial score (nSPS) is 12.5. The van der Waals surface area contributed by atoms with Gasteiger partial charge in [0.1, 0.15) is 0 Å². The van der Waals surface area contributed by atoms with Gasteiger partial charge in [-0.1, -0.05) is 165 Å². The summed E-state index contributed by atoms with van der Waals surface area (Å²) in [6.07, 6.45) is 0. The molecule has 0 aliphatic rings. The number of rotatable bonds is 6. The van der Waals surface area contributed by atoms with E-state index in [1.807, 2.05) is 0 Å². The van der Waals surface area contributed by atoms with E-state index >= 15 is 0 Å². The molecule has 0 bridgehead atoms. The molecule has 8 aromatic carbocycles. The van der Waals surface area contributed by atoms with Gasteiger partial charge < -0.3 is 10.2 Å². The summed E-state index contributed by atoms with van der Waals surface area (Å²) in [5.74, 6) is 0. The van der Waals surface area contributed by atoms with Gasteiger partial charge in [-0.2, -0.15) is 0 Å². The summed E-state index contributed by atoms with van der Waals surface area (Å²) in [4.78, 5) is 2.41. The number of anilines is 5. The summed E-state index contributed by atoms with van der Waals surface area (Å²) in [6, 6.07) is 53.7. The second kappa shape index (κ2) is 14.8. The molecule has 0 radical (unpaired) electrons. The van der Waals surface area contributed by atoms with Gasteiger partial charge in [0.2, 0.25) is 0 Å². The molecule has 0 aliphatic heterocycles. The number of halogens is 1. The Kier molecular flexibility index (Phi) is 9.85. The molecule has 9 rings (SSSR count). The van der Waals surface area contributed by atoms with Gasteiger partial charge in [0.25, 0.3) is 0 Å². The van der Waals surface area contributed by atoms with Gasteiger partial charge in [0.05, 0.1) is 27.8 Å². The Morgan fingerprint density at radius 1 is 0.450 bits per heavy atom. The maximum atomic E-state index is 7.71. The third-order valence-corrected chi connectivity index (χ3v) is 13.4. The van der Waals surface area contributed by atoms with Crippen molar-refractivity contribution in [2.75, 3.05) is 10.2 Å². The minimum Gasteiger partial charge on any atom is -0.354 e. The van der Waals surface area contributed by atoms with E-state index in [0.717, 1.165) is 39.6 Å². The number of hydrogen-bond donors (Lipinski definition) is 1. The maximum absolute atomic E-state index is 7.71. The Bertz CT molecular complexity index is 3060. The van der Waals surface area contributed by atoms with Gasteiger partial charge in [-0.3, -0.25) is 0 Å². The zero-order valence-corrected chi connectivity index (χ0v) is 37.7. The molecule has 1 heterocycles. The number of thiophene rings is 1. The molecule has 2 nitrogen and oxygen atoms in total. The third-order valence-electron chi connectivity index (χ3n) is 12.0. The first kappa shape index (κ1) is 39.8. The highest BCUT2D eigenvalue weighted by atomic mass is 35.5. The fraction of sp³-hybridized carbons (Fsp3) is 0.214. The number of hydrogen-bond acceptors (Lipinski definition) is 3. The molecule has 1 aromatic heterocycles. The lowest BCUT2D eigenvalue weighted by molar-refractivity contribution is 0.590. The van der Waals surface area contributed by atoms with Gasteiger partial charge >= 0.3 is 0 Å². The van der Waals surface area contributed by atoms with Crippen LogP contribution in [0.2, 0.25) is 5.02 Å². The van der Waals surface area contributed by atoms with E-state index in [-0.39, 0.29) is 16.2 Å². The molecule has 0 amide bonds. The van der Waals surface area contributed by atoms with Crippen LogP contribution in [-0.2, 0) is 16.2 Å². The Balaban J connectivity index is 1.32. The van der Waals surface area contributed by atoms with Crippen molar-refractivity contribution in [1.82, 2.24) is 0 Å². The van der Waals surface area contributed by atoms with Gasteiger partial charge in [-0.15, -0.1) is 11.3 Å². The van der Waals surface area contributed by atoms with E-state index in [1.165, 1.54) is 59.1 Å². The van der Waals surface area contributed by atoms with Gasteiger partial charge in [-0.25, -0.2) is 0 Å². The lowest BCUT2D eigenvalue weighted by Crippen LogP contribution is -2.15. The van der Waals surface area contributed by atoms with Crippen molar-refractivity contribution in [1.29, 1.82) is 0 Å². The molecular weight excluding hydrogens is 768 g/mol. The summed E-state index contributed by atoms with van der Waals surface area (Å²) in [5.41, 5.74) is 11.0. The van der Waals surface area contributed by atoms with Crippen molar-refractivity contribution in [3.05, 3.63) is 173 Å². The Morgan fingerprint density at radius 2 is 1.02 bits per heavy atom. The van der Waals surface area contributed by atoms with Crippen LogP contribution in [0.4, 0.5) is 28.4 Å². The highest BCUT2D eigenvalue weighted by Crippen LogP contribution is 2.51. The third kappa shape index (κ3) is 7.22. The Labute approximate surface area is 364 Å². The molecule has 4 heteroatoms. The molecular formula is C56H53ClN2S. The molecule has 0 spiro atoms. The molecule has 1 N–H and O–H groups in total. The van der Waals surface area contributed by atoms with Crippen LogP contribution in [0.1, 0.15) is 79.0 Å². The molecule has 0 saturated heterocycles.